The maximum Gasteiger partial charge on any atom is 0.573 e. The molecule has 0 unspecified atom stereocenters. The molecule has 5 rings (SSSR count). The topological polar surface area (TPSA) is 57.2 Å². The third-order valence-electron chi connectivity index (χ3n) is 5.76. The number of hydrogen-bond acceptors (Lipinski definition) is 2. The smallest absolute Gasteiger partial charge is 0.406 e. The van der Waals surface area contributed by atoms with Crippen molar-refractivity contribution in [3.05, 3.63) is 102 Å². The van der Waals surface area contributed by atoms with E-state index in [1.54, 1.807) is 24.3 Å². The minimum absolute atomic E-state index is 0.277. The molecule has 0 aliphatic heterocycles. The normalized spacial score (nSPS) is 11.7. The molecule has 170 valence electrons. The number of carbonyl (C=O) groups is 1. The lowest BCUT2D eigenvalue weighted by Crippen LogP contribution is -2.17. The molecule has 4 nitrogen and oxygen atoms in total. The molecule has 0 saturated carbocycles. The van der Waals surface area contributed by atoms with Crippen molar-refractivity contribution in [2.45, 2.75) is 12.9 Å². The highest BCUT2D eigenvalue weighted by molar-refractivity contribution is 6.18. The molecule has 0 fully saturated rings. The molecule has 1 aromatic heterocycles. The third kappa shape index (κ3) is 4.08. The van der Waals surface area contributed by atoms with Crippen LogP contribution in [0.4, 0.5) is 13.2 Å². The van der Waals surface area contributed by atoms with Crippen molar-refractivity contribution < 1.29 is 22.7 Å². The fourth-order valence-electron chi connectivity index (χ4n) is 4.31. The summed E-state index contributed by atoms with van der Waals surface area (Å²) in [5.41, 5.74) is 10.6. The summed E-state index contributed by atoms with van der Waals surface area (Å²) < 4.78 is 43.6. The van der Waals surface area contributed by atoms with Gasteiger partial charge in [-0.25, -0.2) is 0 Å². The summed E-state index contributed by atoms with van der Waals surface area (Å²) in [5.74, 6) is -0.800. The van der Waals surface area contributed by atoms with Gasteiger partial charge < -0.3 is 15.0 Å². The molecule has 1 amide bonds. The Morgan fingerprint density at radius 1 is 0.824 bits per heavy atom. The number of halogens is 3. The van der Waals surface area contributed by atoms with Crippen LogP contribution in [0.3, 0.4) is 0 Å². The molecule has 4 aromatic carbocycles. The summed E-state index contributed by atoms with van der Waals surface area (Å²) in [6.45, 7) is 0.382. The first-order valence-corrected chi connectivity index (χ1v) is 10.5. The summed E-state index contributed by atoms with van der Waals surface area (Å²) in [5, 5.41) is 1.63. The van der Waals surface area contributed by atoms with Crippen molar-refractivity contribution in [1.29, 1.82) is 0 Å². The maximum atomic E-state index is 12.5. The number of primary amides is 1. The number of aromatic nitrogens is 1. The molecule has 0 atom stereocenters. The number of hydrogen-bond donors (Lipinski definition) is 1. The van der Waals surface area contributed by atoms with Crippen LogP contribution in [0.2, 0.25) is 0 Å². The van der Waals surface area contributed by atoms with Gasteiger partial charge in [0.2, 0.25) is 5.91 Å². The second-order valence-electron chi connectivity index (χ2n) is 7.94. The highest BCUT2D eigenvalue weighted by Crippen LogP contribution is 2.35. The molecule has 0 radical (unpaired) electrons. The second-order valence-corrected chi connectivity index (χ2v) is 7.94. The Morgan fingerprint density at radius 2 is 1.56 bits per heavy atom. The zero-order chi connectivity index (χ0) is 23.9. The Bertz CT molecular complexity index is 1510. The van der Waals surface area contributed by atoms with E-state index in [0.29, 0.717) is 12.1 Å². The van der Waals surface area contributed by atoms with Gasteiger partial charge in [-0.15, -0.1) is 13.2 Å². The van der Waals surface area contributed by atoms with E-state index in [9.17, 15) is 18.0 Å². The maximum absolute atomic E-state index is 12.5. The Kier molecular flexibility index (Phi) is 5.24. The van der Waals surface area contributed by atoms with Gasteiger partial charge in [-0.05, 0) is 47.0 Å². The molecule has 34 heavy (non-hydrogen) atoms. The minimum Gasteiger partial charge on any atom is -0.406 e. The van der Waals surface area contributed by atoms with Gasteiger partial charge in [0.05, 0.1) is 11.0 Å². The van der Waals surface area contributed by atoms with Crippen LogP contribution in [0.5, 0.6) is 5.75 Å². The lowest BCUT2D eigenvalue weighted by Gasteiger charge is -2.11. The van der Waals surface area contributed by atoms with E-state index in [2.05, 4.69) is 10.8 Å². The van der Waals surface area contributed by atoms with Crippen LogP contribution >= 0.6 is 0 Å². The summed E-state index contributed by atoms with van der Waals surface area (Å²) in [4.78, 5) is 12.2. The van der Waals surface area contributed by atoms with Gasteiger partial charge in [-0.1, -0.05) is 60.7 Å². The molecule has 1 heterocycles. The zero-order valence-corrected chi connectivity index (χ0v) is 17.8. The van der Waals surface area contributed by atoms with Crippen LogP contribution in [0.25, 0.3) is 32.9 Å². The number of nitrogens with two attached hydrogens (primary N) is 1. The Hall–Kier alpha value is -4.26. The van der Waals surface area contributed by atoms with Crippen LogP contribution in [0.15, 0.2) is 91.0 Å². The van der Waals surface area contributed by atoms with E-state index in [1.165, 1.54) is 12.1 Å². The van der Waals surface area contributed by atoms with Gasteiger partial charge in [-0.3, -0.25) is 4.79 Å². The number of rotatable bonds is 5. The Balaban J connectivity index is 1.67. The standard InChI is InChI=1S/C27H19F3N2O2/c28-27(29,30)34-20-12-9-17(10-13-20)16-32-23-8-4-7-22(26(31)33)25(23)21-14-11-19(15-24(21)32)18-5-2-1-3-6-18/h1-15H,16H2,(H2,31,33). The van der Waals surface area contributed by atoms with Gasteiger partial charge in [0.1, 0.15) is 5.75 Å². The van der Waals surface area contributed by atoms with Gasteiger partial charge >= 0.3 is 6.36 Å². The predicted octanol–water partition coefficient (Wildman–Crippen LogP) is 6.51. The first kappa shape index (κ1) is 21.6. The molecule has 0 saturated heterocycles. The third-order valence-corrected chi connectivity index (χ3v) is 5.76. The van der Waals surface area contributed by atoms with E-state index in [4.69, 9.17) is 5.73 Å². The average Bonchev–Trinajstić information content (AvgIpc) is 3.13. The molecule has 0 bridgehead atoms. The Labute approximate surface area is 193 Å². The van der Waals surface area contributed by atoms with E-state index in [-0.39, 0.29) is 5.75 Å². The summed E-state index contributed by atoms with van der Waals surface area (Å²) in [6, 6.07) is 27.1. The van der Waals surface area contributed by atoms with Crippen LogP contribution in [-0.4, -0.2) is 16.8 Å². The zero-order valence-electron chi connectivity index (χ0n) is 17.8. The number of amides is 1. The van der Waals surface area contributed by atoms with Crippen molar-refractivity contribution in [3.63, 3.8) is 0 Å². The predicted molar refractivity (Wildman–Crippen MR) is 126 cm³/mol. The number of ether oxygens (including phenoxy) is 1. The van der Waals surface area contributed by atoms with Crippen molar-refractivity contribution in [2.24, 2.45) is 5.73 Å². The first-order chi connectivity index (χ1) is 16.3. The molecule has 7 heteroatoms. The number of nitrogens with zero attached hydrogens (tertiary/aromatic N) is 1. The first-order valence-electron chi connectivity index (χ1n) is 10.5. The monoisotopic (exact) mass is 460 g/mol. The number of fused-ring (bicyclic) bond motifs is 3. The molecule has 0 aliphatic carbocycles. The molecular formula is C27H19F3N2O2. The summed E-state index contributed by atoms with van der Waals surface area (Å²) >= 11 is 0. The van der Waals surface area contributed by atoms with Crippen molar-refractivity contribution in [3.8, 4) is 16.9 Å². The van der Waals surface area contributed by atoms with Crippen molar-refractivity contribution in [1.82, 2.24) is 4.57 Å². The quantitative estimate of drug-likeness (QED) is 0.325. The van der Waals surface area contributed by atoms with Crippen molar-refractivity contribution in [2.75, 3.05) is 0 Å². The van der Waals surface area contributed by atoms with Gasteiger partial charge in [0.15, 0.2) is 0 Å². The lowest BCUT2D eigenvalue weighted by molar-refractivity contribution is -0.274. The van der Waals surface area contributed by atoms with E-state index in [0.717, 1.165) is 38.5 Å². The number of alkyl halides is 3. The SMILES string of the molecule is NC(=O)c1cccc2c1c1ccc(-c3ccccc3)cc1n2Cc1ccc(OC(F)(F)F)cc1. The van der Waals surface area contributed by atoms with E-state index < -0.39 is 12.3 Å². The van der Waals surface area contributed by atoms with Crippen LogP contribution in [0.1, 0.15) is 15.9 Å². The van der Waals surface area contributed by atoms with Gasteiger partial charge in [0.25, 0.3) is 0 Å². The summed E-state index contributed by atoms with van der Waals surface area (Å²) in [6.07, 6.45) is -4.74. The fourth-order valence-corrected chi connectivity index (χ4v) is 4.31. The molecule has 5 aromatic rings. The highest BCUT2D eigenvalue weighted by atomic mass is 19.4. The Morgan fingerprint density at radius 3 is 2.24 bits per heavy atom. The molecule has 0 spiro atoms. The molecular weight excluding hydrogens is 441 g/mol. The van der Waals surface area contributed by atoms with Gasteiger partial charge in [-0.2, -0.15) is 0 Å². The molecule has 2 N–H and O–H groups in total. The van der Waals surface area contributed by atoms with Crippen LogP contribution in [-0.2, 0) is 6.54 Å². The van der Waals surface area contributed by atoms with E-state index in [1.807, 2.05) is 53.1 Å². The number of carbonyl (C=O) groups excluding carboxylic acids is 1. The average molecular weight is 460 g/mol. The van der Waals surface area contributed by atoms with E-state index >= 15 is 0 Å². The second kappa shape index (κ2) is 8.26. The minimum atomic E-state index is -4.74. The summed E-state index contributed by atoms with van der Waals surface area (Å²) in [7, 11) is 0. The number of benzene rings is 4. The van der Waals surface area contributed by atoms with Crippen LogP contribution < -0.4 is 10.5 Å². The van der Waals surface area contributed by atoms with Crippen LogP contribution in [0, 0.1) is 0 Å². The lowest BCUT2D eigenvalue weighted by atomic mass is 10.0. The highest BCUT2D eigenvalue weighted by Gasteiger charge is 2.31. The van der Waals surface area contributed by atoms with Crippen molar-refractivity contribution >= 4 is 27.7 Å². The fraction of sp³-hybridized carbons (Fsp3) is 0.0741. The van der Waals surface area contributed by atoms with Gasteiger partial charge in [0, 0.05) is 22.9 Å². The molecule has 0 aliphatic rings. The largest absolute Gasteiger partial charge is 0.573 e.